The number of nitrogens with zero attached hydrogens (tertiary/aromatic N) is 1. The van der Waals surface area contributed by atoms with Crippen LogP contribution in [0.15, 0.2) is 24.3 Å². The fourth-order valence-corrected chi connectivity index (χ4v) is 1.71. The molecule has 0 fully saturated rings. The van der Waals surface area contributed by atoms with Gasteiger partial charge in [-0.1, -0.05) is 26.0 Å². The van der Waals surface area contributed by atoms with E-state index in [1.54, 1.807) is 0 Å². The van der Waals surface area contributed by atoms with Crippen LogP contribution in [0.1, 0.15) is 33.6 Å². The molecule has 0 spiro atoms. The van der Waals surface area contributed by atoms with Crippen molar-refractivity contribution in [2.45, 2.75) is 33.6 Å². The zero-order valence-corrected chi connectivity index (χ0v) is 11.5. The largest absolute Gasteiger partial charge is 0.492 e. The van der Waals surface area contributed by atoms with E-state index in [1.807, 2.05) is 31.2 Å². The zero-order valence-electron chi connectivity index (χ0n) is 11.5. The molecular formula is C15H22N2O. The van der Waals surface area contributed by atoms with Crippen molar-refractivity contribution in [3.63, 3.8) is 0 Å². The molecule has 0 radical (unpaired) electrons. The molecule has 1 N–H and O–H groups in total. The maximum Gasteiger partial charge on any atom is 0.142 e. The van der Waals surface area contributed by atoms with Gasteiger partial charge < -0.3 is 10.1 Å². The van der Waals surface area contributed by atoms with E-state index in [4.69, 9.17) is 10.00 Å². The first-order valence-corrected chi connectivity index (χ1v) is 6.42. The van der Waals surface area contributed by atoms with Crippen LogP contribution in [0, 0.1) is 16.7 Å². The Morgan fingerprint density at radius 2 is 2.06 bits per heavy atom. The smallest absolute Gasteiger partial charge is 0.142 e. The zero-order chi connectivity index (χ0) is 13.4. The lowest BCUT2D eigenvalue weighted by atomic mass is 9.88. The molecule has 3 heteroatoms. The maximum atomic E-state index is 8.64. The topological polar surface area (TPSA) is 45.0 Å². The van der Waals surface area contributed by atoms with E-state index >= 15 is 0 Å². The molecular weight excluding hydrogens is 224 g/mol. The van der Waals surface area contributed by atoms with Gasteiger partial charge in [0.15, 0.2) is 0 Å². The van der Waals surface area contributed by atoms with E-state index in [2.05, 4.69) is 25.2 Å². The van der Waals surface area contributed by atoms with Gasteiger partial charge in [-0.15, -0.1) is 0 Å². The minimum absolute atomic E-state index is 0.106. The Balaban J connectivity index is 2.60. The second kappa shape index (κ2) is 6.90. The average molecular weight is 246 g/mol. The number of hydrogen-bond acceptors (Lipinski definition) is 3. The highest BCUT2D eigenvalue weighted by molar-refractivity contribution is 5.56. The molecule has 98 valence electrons. The molecule has 0 saturated heterocycles. The van der Waals surface area contributed by atoms with Crippen molar-refractivity contribution in [3.05, 3.63) is 24.3 Å². The second-order valence-corrected chi connectivity index (χ2v) is 5.11. The van der Waals surface area contributed by atoms with Gasteiger partial charge in [-0.05, 0) is 30.9 Å². The van der Waals surface area contributed by atoms with E-state index in [1.165, 1.54) is 0 Å². The van der Waals surface area contributed by atoms with Crippen molar-refractivity contribution < 1.29 is 4.74 Å². The van der Waals surface area contributed by atoms with Gasteiger partial charge in [0, 0.05) is 13.0 Å². The Hall–Kier alpha value is -1.69. The number of para-hydroxylation sites is 2. The number of ether oxygens (including phenoxy) is 1. The lowest BCUT2D eigenvalue weighted by Gasteiger charge is -2.25. The molecule has 0 amide bonds. The van der Waals surface area contributed by atoms with Crippen molar-refractivity contribution in [3.8, 4) is 11.8 Å². The Morgan fingerprint density at radius 1 is 1.33 bits per heavy atom. The fourth-order valence-electron chi connectivity index (χ4n) is 1.71. The molecule has 0 atom stereocenters. The quantitative estimate of drug-likeness (QED) is 0.795. The predicted octanol–water partition coefficient (Wildman–Crippen LogP) is 3.83. The van der Waals surface area contributed by atoms with Crippen molar-refractivity contribution in [1.82, 2.24) is 0 Å². The third kappa shape index (κ3) is 4.67. The molecule has 0 aliphatic carbocycles. The highest BCUT2D eigenvalue weighted by atomic mass is 16.5. The first kappa shape index (κ1) is 14.4. The lowest BCUT2D eigenvalue weighted by Crippen LogP contribution is -2.23. The first-order chi connectivity index (χ1) is 8.59. The van der Waals surface area contributed by atoms with E-state index in [0.29, 0.717) is 13.0 Å². The summed E-state index contributed by atoms with van der Waals surface area (Å²) in [6, 6.07) is 10.1. The number of anilines is 1. The van der Waals surface area contributed by atoms with E-state index in [9.17, 15) is 0 Å². The Bertz CT molecular complexity index is 407. The fraction of sp³-hybridized carbons (Fsp3) is 0.533. The molecule has 0 bridgehead atoms. The van der Waals surface area contributed by atoms with Gasteiger partial charge in [0.05, 0.1) is 18.4 Å². The molecule has 3 nitrogen and oxygen atoms in total. The summed E-state index contributed by atoms with van der Waals surface area (Å²) >= 11 is 0. The van der Waals surface area contributed by atoms with E-state index < -0.39 is 0 Å². The highest BCUT2D eigenvalue weighted by Gasteiger charge is 2.17. The van der Waals surface area contributed by atoms with Gasteiger partial charge in [-0.2, -0.15) is 5.26 Å². The first-order valence-electron chi connectivity index (χ1n) is 6.42. The summed E-state index contributed by atoms with van der Waals surface area (Å²) < 4.78 is 5.57. The van der Waals surface area contributed by atoms with Crippen molar-refractivity contribution in [2.24, 2.45) is 5.41 Å². The third-order valence-electron chi connectivity index (χ3n) is 2.86. The summed E-state index contributed by atoms with van der Waals surface area (Å²) in [6.07, 6.45) is 1.50. The summed E-state index contributed by atoms with van der Waals surface area (Å²) in [6.45, 7) is 7.81. The summed E-state index contributed by atoms with van der Waals surface area (Å²) in [5.74, 6) is 0.885. The molecule has 0 heterocycles. The van der Waals surface area contributed by atoms with Crippen molar-refractivity contribution >= 4 is 5.69 Å². The molecule has 0 unspecified atom stereocenters. The number of hydrogen-bond donors (Lipinski definition) is 1. The van der Waals surface area contributed by atoms with Crippen LogP contribution in [0.4, 0.5) is 5.69 Å². The molecule has 18 heavy (non-hydrogen) atoms. The molecule has 0 saturated carbocycles. The van der Waals surface area contributed by atoms with Crippen LogP contribution in [0.2, 0.25) is 0 Å². The van der Waals surface area contributed by atoms with Gasteiger partial charge in [0.25, 0.3) is 0 Å². The summed E-state index contributed by atoms with van der Waals surface area (Å²) in [5.41, 5.74) is 1.12. The minimum atomic E-state index is 0.106. The van der Waals surface area contributed by atoms with Gasteiger partial charge in [0.1, 0.15) is 5.75 Å². The molecule has 0 aliphatic rings. The number of rotatable bonds is 7. The van der Waals surface area contributed by atoms with Gasteiger partial charge in [-0.25, -0.2) is 0 Å². The monoisotopic (exact) mass is 246 g/mol. The van der Waals surface area contributed by atoms with Crippen LogP contribution >= 0.6 is 0 Å². The van der Waals surface area contributed by atoms with E-state index in [-0.39, 0.29) is 5.41 Å². The Morgan fingerprint density at radius 3 is 2.72 bits per heavy atom. The predicted molar refractivity (Wildman–Crippen MR) is 74.7 cm³/mol. The van der Waals surface area contributed by atoms with Crippen LogP contribution in [0.5, 0.6) is 5.75 Å². The second-order valence-electron chi connectivity index (χ2n) is 5.11. The molecule has 1 aromatic carbocycles. The van der Waals surface area contributed by atoms with Crippen LogP contribution in [-0.2, 0) is 0 Å². The molecule has 1 rings (SSSR count). The molecule has 0 aromatic heterocycles. The maximum absolute atomic E-state index is 8.64. The highest BCUT2D eigenvalue weighted by Crippen LogP contribution is 2.27. The molecule has 0 aliphatic heterocycles. The van der Waals surface area contributed by atoms with Crippen molar-refractivity contribution in [2.75, 3.05) is 18.5 Å². The summed E-state index contributed by atoms with van der Waals surface area (Å²) in [5, 5.41) is 12.1. The van der Waals surface area contributed by atoms with Crippen LogP contribution < -0.4 is 10.1 Å². The lowest BCUT2D eigenvalue weighted by molar-refractivity contribution is 0.339. The number of nitriles is 1. The third-order valence-corrected chi connectivity index (χ3v) is 2.86. The standard InChI is InChI=1S/C15H22N2O/c1-4-18-14-9-6-5-8-13(14)17-12-15(2,3)10-7-11-16/h5-6,8-9,17H,4,7,10,12H2,1-3H3. The Kier molecular flexibility index (Phi) is 5.51. The average Bonchev–Trinajstić information content (AvgIpc) is 2.36. The minimum Gasteiger partial charge on any atom is -0.492 e. The summed E-state index contributed by atoms with van der Waals surface area (Å²) in [4.78, 5) is 0. The van der Waals surface area contributed by atoms with Crippen LogP contribution in [0.3, 0.4) is 0 Å². The van der Waals surface area contributed by atoms with Gasteiger partial charge >= 0.3 is 0 Å². The Labute approximate surface area is 110 Å². The van der Waals surface area contributed by atoms with Crippen molar-refractivity contribution in [1.29, 1.82) is 5.26 Å². The number of benzene rings is 1. The van der Waals surface area contributed by atoms with Gasteiger partial charge in [0.2, 0.25) is 0 Å². The van der Waals surface area contributed by atoms with Crippen LogP contribution in [0.25, 0.3) is 0 Å². The molecule has 1 aromatic rings. The summed E-state index contributed by atoms with van der Waals surface area (Å²) in [7, 11) is 0. The van der Waals surface area contributed by atoms with Gasteiger partial charge in [-0.3, -0.25) is 0 Å². The van der Waals surface area contributed by atoms with E-state index in [0.717, 1.165) is 24.4 Å². The normalized spacial score (nSPS) is 10.8. The number of nitrogens with one attached hydrogen (secondary N) is 1. The van der Waals surface area contributed by atoms with Crippen LogP contribution in [-0.4, -0.2) is 13.2 Å². The SMILES string of the molecule is CCOc1ccccc1NCC(C)(C)CCC#N.